The van der Waals surface area contributed by atoms with E-state index in [0.717, 1.165) is 12.8 Å². The van der Waals surface area contributed by atoms with Crippen molar-refractivity contribution in [1.82, 2.24) is 0 Å². The zero-order chi connectivity index (χ0) is 7.40. The fraction of sp³-hybridized carbons (Fsp3) is 1.00. The number of hydrogen-bond acceptors (Lipinski definition) is 3. The van der Waals surface area contributed by atoms with Gasteiger partial charge in [0, 0.05) is 13.0 Å². The molecule has 1 N–H and O–H groups in total. The molecule has 1 aliphatic rings. The Morgan fingerprint density at radius 1 is 1.60 bits per heavy atom. The van der Waals surface area contributed by atoms with Crippen LogP contribution in [0.5, 0.6) is 0 Å². The zero-order valence-corrected chi connectivity index (χ0v) is 6.25. The van der Waals surface area contributed by atoms with Crippen LogP contribution in [0.25, 0.3) is 0 Å². The smallest absolute Gasteiger partial charge is 0.158 e. The van der Waals surface area contributed by atoms with E-state index in [2.05, 4.69) is 0 Å². The Kier molecular flexibility index (Phi) is 3.12. The molecule has 1 heterocycles. The molecule has 0 aliphatic carbocycles. The lowest BCUT2D eigenvalue weighted by Crippen LogP contribution is -2.16. The van der Waals surface area contributed by atoms with Gasteiger partial charge in [0.2, 0.25) is 0 Å². The van der Waals surface area contributed by atoms with Gasteiger partial charge in [-0.25, -0.2) is 0 Å². The summed E-state index contributed by atoms with van der Waals surface area (Å²) < 4.78 is 10.5. The van der Waals surface area contributed by atoms with Crippen molar-refractivity contribution in [2.45, 2.75) is 32.2 Å². The molecule has 2 atom stereocenters. The summed E-state index contributed by atoms with van der Waals surface area (Å²) in [5, 5.41) is 8.67. The van der Waals surface area contributed by atoms with Crippen molar-refractivity contribution in [2.24, 2.45) is 0 Å². The van der Waals surface area contributed by atoms with E-state index in [0.29, 0.717) is 6.61 Å². The third-order valence-electron chi connectivity index (χ3n) is 1.62. The number of ether oxygens (including phenoxy) is 2. The summed E-state index contributed by atoms with van der Waals surface area (Å²) in [6.07, 6.45) is 1.78. The lowest BCUT2D eigenvalue weighted by molar-refractivity contribution is -0.137. The van der Waals surface area contributed by atoms with Gasteiger partial charge >= 0.3 is 0 Å². The molecule has 1 aliphatic heterocycles. The van der Waals surface area contributed by atoms with E-state index in [9.17, 15) is 0 Å². The number of rotatable bonds is 3. The van der Waals surface area contributed by atoms with Crippen molar-refractivity contribution >= 4 is 0 Å². The van der Waals surface area contributed by atoms with E-state index in [-0.39, 0.29) is 19.0 Å². The SMILES string of the molecule is CCOC1CCC(CO)O1. The van der Waals surface area contributed by atoms with Crippen molar-refractivity contribution in [3.8, 4) is 0 Å². The molecular formula is C7H14O3. The molecule has 3 nitrogen and oxygen atoms in total. The predicted molar refractivity (Wildman–Crippen MR) is 36.6 cm³/mol. The molecule has 0 radical (unpaired) electrons. The van der Waals surface area contributed by atoms with E-state index in [1.807, 2.05) is 6.92 Å². The van der Waals surface area contributed by atoms with E-state index < -0.39 is 0 Å². The van der Waals surface area contributed by atoms with Crippen LogP contribution in [0.3, 0.4) is 0 Å². The monoisotopic (exact) mass is 146 g/mol. The van der Waals surface area contributed by atoms with Crippen molar-refractivity contribution in [2.75, 3.05) is 13.2 Å². The maximum atomic E-state index is 8.67. The molecule has 0 aromatic carbocycles. The van der Waals surface area contributed by atoms with Crippen LogP contribution in [-0.4, -0.2) is 30.7 Å². The van der Waals surface area contributed by atoms with Crippen LogP contribution in [0.4, 0.5) is 0 Å². The molecule has 3 heteroatoms. The predicted octanol–water partition coefficient (Wildman–Crippen LogP) is 0.520. The minimum absolute atomic E-state index is 0.0107. The Morgan fingerprint density at radius 3 is 2.90 bits per heavy atom. The highest BCUT2D eigenvalue weighted by Gasteiger charge is 2.24. The lowest BCUT2D eigenvalue weighted by atomic mass is 10.2. The minimum atomic E-state index is -0.0675. The molecule has 10 heavy (non-hydrogen) atoms. The van der Waals surface area contributed by atoms with Gasteiger partial charge in [-0.1, -0.05) is 0 Å². The first-order valence-corrected chi connectivity index (χ1v) is 3.74. The van der Waals surface area contributed by atoms with Gasteiger partial charge in [-0.2, -0.15) is 0 Å². The third kappa shape index (κ3) is 1.94. The first-order valence-electron chi connectivity index (χ1n) is 3.74. The largest absolute Gasteiger partial charge is 0.394 e. The molecule has 0 bridgehead atoms. The summed E-state index contributed by atoms with van der Waals surface area (Å²) in [6.45, 7) is 2.74. The Labute approximate surface area is 60.9 Å². The maximum Gasteiger partial charge on any atom is 0.158 e. The van der Waals surface area contributed by atoms with E-state index in [1.165, 1.54) is 0 Å². The molecule has 2 unspecified atom stereocenters. The summed E-state index contributed by atoms with van der Waals surface area (Å²) in [5.41, 5.74) is 0. The van der Waals surface area contributed by atoms with Crippen LogP contribution in [0.15, 0.2) is 0 Å². The first-order chi connectivity index (χ1) is 4.86. The molecular weight excluding hydrogens is 132 g/mol. The summed E-state index contributed by atoms with van der Waals surface area (Å²) in [7, 11) is 0. The maximum absolute atomic E-state index is 8.67. The van der Waals surface area contributed by atoms with Crippen LogP contribution in [0.1, 0.15) is 19.8 Å². The van der Waals surface area contributed by atoms with Crippen molar-refractivity contribution < 1.29 is 14.6 Å². The lowest BCUT2D eigenvalue weighted by Gasteiger charge is -2.10. The standard InChI is InChI=1S/C7H14O3/c1-2-9-7-4-3-6(5-8)10-7/h6-8H,2-5H2,1H3. The third-order valence-corrected chi connectivity index (χ3v) is 1.62. The highest BCUT2D eigenvalue weighted by Crippen LogP contribution is 2.19. The van der Waals surface area contributed by atoms with Gasteiger partial charge in [0.1, 0.15) is 0 Å². The van der Waals surface area contributed by atoms with E-state index in [1.54, 1.807) is 0 Å². The average molecular weight is 146 g/mol. The molecule has 60 valence electrons. The van der Waals surface area contributed by atoms with Gasteiger partial charge in [0.05, 0.1) is 12.7 Å². The molecule has 1 fully saturated rings. The van der Waals surface area contributed by atoms with Gasteiger partial charge in [0.15, 0.2) is 6.29 Å². The second-order valence-corrected chi connectivity index (χ2v) is 2.40. The Bertz CT molecular complexity index is 94.9. The van der Waals surface area contributed by atoms with Gasteiger partial charge in [-0.05, 0) is 13.3 Å². The summed E-state index contributed by atoms with van der Waals surface area (Å²) in [4.78, 5) is 0. The fourth-order valence-corrected chi connectivity index (χ4v) is 1.12. The zero-order valence-electron chi connectivity index (χ0n) is 6.25. The highest BCUT2D eigenvalue weighted by atomic mass is 16.7. The Balaban J connectivity index is 2.15. The summed E-state index contributed by atoms with van der Waals surface area (Å²) in [6, 6.07) is 0. The fourth-order valence-electron chi connectivity index (χ4n) is 1.12. The van der Waals surface area contributed by atoms with Crippen LogP contribution >= 0.6 is 0 Å². The average Bonchev–Trinajstić information content (AvgIpc) is 2.37. The van der Waals surface area contributed by atoms with Crippen LogP contribution in [0, 0.1) is 0 Å². The Morgan fingerprint density at radius 2 is 2.40 bits per heavy atom. The Hall–Kier alpha value is -0.120. The van der Waals surface area contributed by atoms with Crippen molar-refractivity contribution in [3.63, 3.8) is 0 Å². The first kappa shape index (κ1) is 7.98. The molecule has 1 saturated heterocycles. The topological polar surface area (TPSA) is 38.7 Å². The van der Waals surface area contributed by atoms with Crippen molar-refractivity contribution in [3.05, 3.63) is 0 Å². The molecule has 0 saturated carbocycles. The molecule has 0 aromatic heterocycles. The van der Waals surface area contributed by atoms with Crippen LogP contribution < -0.4 is 0 Å². The van der Waals surface area contributed by atoms with Gasteiger partial charge < -0.3 is 14.6 Å². The van der Waals surface area contributed by atoms with Crippen LogP contribution in [0.2, 0.25) is 0 Å². The second kappa shape index (κ2) is 3.91. The van der Waals surface area contributed by atoms with Gasteiger partial charge in [-0.15, -0.1) is 0 Å². The number of hydrogen-bond donors (Lipinski definition) is 1. The van der Waals surface area contributed by atoms with Gasteiger partial charge in [-0.3, -0.25) is 0 Å². The molecule has 0 spiro atoms. The van der Waals surface area contributed by atoms with E-state index >= 15 is 0 Å². The number of aliphatic hydroxyl groups is 1. The minimum Gasteiger partial charge on any atom is -0.394 e. The quantitative estimate of drug-likeness (QED) is 0.631. The van der Waals surface area contributed by atoms with Crippen LogP contribution in [-0.2, 0) is 9.47 Å². The summed E-state index contributed by atoms with van der Waals surface area (Å²) >= 11 is 0. The normalized spacial score (nSPS) is 33.0. The number of aliphatic hydroxyl groups excluding tert-OH is 1. The van der Waals surface area contributed by atoms with Crippen molar-refractivity contribution in [1.29, 1.82) is 0 Å². The van der Waals surface area contributed by atoms with Gasteiger partial charge in [0.25, 0.3) is 0 Å². The molecule has 0 amide bonds. The molecule has 1 rings (SSSR count). The van der Waals surface area contributed by atoms with E-state index in [4.69, 9.17) is 14.6 Å². The highest BCUT2D eigenvalue weighted by molar-refractivity contribution is 4.66. The molecule has 0 aromatic rings. The summed E-state index contributed by atoms with van der Waals surface area (Å²) in [5.74, 6) is 0. The second-order valence-electron chi connectivity index (χ2n) is 2.40.